The molecule has 8 heteroatoms. The molecule has 4 rings (SSSR count). The molecule has 0 spiro atoms. The van der Waals surface area contributed by atoms with Crippen molar-refractivity contribution in [3.8, 4) is 0 Å². The lowest BCUT2D eigenvalue weighted by Gasteiger charge is -2.34. The molecule has 7 nitrogen and oxygen atoms in total. The first-order chi connectivity index (χ1) is 13.2. The van der Waals surface area contributed by atoms with E-state index in [1.807, 2.05) is 43.6 Å². The number of anilines is 1. The van der Waals surface area contributed by atoms with Gasteiger partial charge in [0.25, 0.3) is 0 Å². The van der Waals surface area contributed by atoms with Crippen molar-refractivity contribution in [3.05, 3.63) is 42.5 Å². The zero-order valence-corrected chi connectivity index (χ0v) is 16.3. The Bertz CT molecular complexity index is 879. The predicted octanol–water partition coefficient (Wildman–Crippen LogP) is 2.06. The van der Waals surface area contributed by atoms with Gasteiger partial charge < -0.3 is 9.88 Å². The molecule has 0 unspecified atom stereocenters. The highest BCUT2D eigenvalue weighted by atomic mass is 32.1. The molecule has 1 N–H and O–H groups in total. The van der Waals surface area contributed by atoms with E-state index in [9.17, 15) is 4.79 Å². The van der Waals surface area contributed by atoms with Gasteiger partial charge in [0.15, 0.2) is 5.13 Å². The number of nitrogens with zero attached hydrogens (tertiary/aromatic N) is 5. The molecule has 0 saturated carbocycles. The Balaban J connectivity index is 1.21. The number of aryl methyl sites for hydroxylation is 1. The number of amides is 1. The lowest BCUT2D eigenvalue weighted by atomic mass is 10.3. The number of nitrogens with one attached hydrogen (secondary N) is 1. The molecular weight excluding hydrogens is 360 g/mol. The minimum Gasteiger partial charge on any atom is -0.334 e. The third kappa shape index (κ3) is 4.52. The van der Waals surface area contributed by atoms with Crippen LogP contribution in [0.1, 0.15) is 5.82 Å². The van der Waals surface area contributed by atoms with Crippen LogP contribution < -0.4 is 5.32 Å². The zero-order chi connectivity index (χ0) is 18.6. The molecule has 3 heterocycles. The van der Waals surface area contributed by atoms with Crippen LogP contribution in [0.5, 0.6) is 0 Å². The average molecular weight is 385 g/mol. The maximum Gasteiger partial charge on any atom is 0.240 e. The number of thiazole rings is 1. The second kappa shape index (κ2) is 8.16. The third-order valence-corrected chi connectivity index (χ3v) is 5.90. The number of piperazine rings is 1. The van der Waals surface area contributed by atoms with E-state index in [-0.39, 0.29) is 5.91 Å². The van der Waals surface area contributed by atoms with Crippen LogP contribution in [0.3, 0.4) is 0 Å². The lowest BCUT2D eigenvalue weighted by molar-refractivity contribution is -0.117. The maximum atomic E-state index is 12.3. The molecule has 1 aliphatic rings. The van der Waals surface area contributed by atoms with Crippen molar-refractivity contribution in [1.82, 2.24) is 24.3 Å². The largest absolute Gasteiger partial charge is 0.334 e. The fourth-order valence-corrected chi connectivity index (χ4v) is 4.23. The van der Waals surface area contributed by atoms with Gasteiger partial charge >= 0.3 is 0 Å². The smallest absolute Gasteiger partial charge is 0.240 e. The molecule has 1 saturated heterocycles. The molecule has 1 amide bonds. The first-order valence-corrected chi connectivity index (χ1v) is 10.1. The molecule has 0 radical (unpaired) electrons. The van der Waals surface area contributed by atoms with Crippen molar-refractivity contribution >= 4 is 32.6 Å². The van der Waals surface area contributed by atoms with Crippen molar-refractivity contribution < 1.29 is 4.79 Å². The molecule has 0 aliphatic carbocycles. The fourth-order valence-electron chi connectivity index (χ4n) is 3.35. The van der Waals surface area contributed by atoms with Gasteiger partial charge in [-0.25, -0.2) is 9.97 Å². The first kappa shape index (κ1) is 18.1. The molecule has 142 valence electrons. The standard InChI is InChI=1S/C19H24N6OS/c1-15-20-6-7-25(15)13-12-23-8-10-24(11-9-23)14-18(26)22-19-21-16-4-2-3-5-17(16)27-19/h2-7H,8-14H2,1H3,(H,21,22,26). The average Bonchev–Trinajstić information content (AvgIpc) is 3.26. The van der Waals surface area contributed by atoms with Crippen LogP contribution in [0.15, 0.2) is 36.7 Å². The van der Waals surface area contributed by atoms with Gasteiger partial charge in [0.05, 0.1) is 16.8 Å². The number of hydrogen-bond donors (Lipinski definition) is 1. The van der Waals surface area contributed by atoms with E-state index in [4.69, 9.17) is 0 Å². The van der Waals surface area contributed by atoms with Crippen molar-refractivity contribution in [2.24, 2.45) is 0 Å². The van der Waals surface area contributed by atoms with E-state index in [1.165, 1.54) is 11.3 Å². The minimum atomic E-state index is 0.0107. The minimum absolute atomic E-state index is 0.0107. The van der Waals surface area contributed by atoms with Crippen LogP contribution >= 0.6 is 11.3 Å². The Morgan fingerprint density at radius 2 is 1.93 bits per heavy atom. The second-order valence-corrected chi connectivity index (χ2v) is 7.85. The number of para-hydroxylation sites is 1. The summed E-state index contributed by atoms with van der Waals surface area (Å²) in [6.07, 6.45) is 3.87. The molecule has 2 aromatic heterocycles. The summed E-state index contributed by atoms with van der Waals surface area (Å²) in [7, 11) is 0. The molecule has 1 aromatic carbocycles. The van der Waals surface area contributed by atoms with Gasteiger partial charge in [-0.1, -0.05) is 23.5 Å². The number of aromatic nitrogens is 3. The van der Waals surface area contributed by atoms with Crippen molar-refractivity contribution in [3.63, 3.8) is 0 Å². The predicted molar refractivity (Wildman–Crippen MR) is 108 cm³/mol. The number of benzene rings is 1. The molecule has 27 heavy (non-hydrogen) atoms. The molecule has 0 atom stereocenters. The number of rotatable bonds is 6. The summed E-state index contributed by atoms with van der Waals surface area (Å²) >= 11 is 1.52. The molecule has 0 bridgehead atoms. The van der Waals surface area contributed by atoms with Crippen molar-refractivity contribution in [2.45, 2.75) is 13.5 Å². The quantitative estimate of drug-likeness (QED) is 0.705. The van der Waals surface area contributed by atoms with Crippen molar-refractivity contribution in [1.29, 1.82) is 0 Å². The topological polar surface area (TPSA) is 66.3 Å². The van der Waals surface area contributed by atoms with Crippen LogP contribution in [0.25, 0.3) is 10.2 Å². The molecular formula is C19H24N6OS. The Labute approximate surface area is 162 Å². The molecule has 3 aromatic rings. The number of fused-ring (bicyclic) bond motifs is 1. The highest BCUT2D eigenvalue weighted by Crippen LogP contribution is 2.25. The normalized spacial score (nSPS) is 16.0. The summed E-state index contributed by atoms with van der Waals surface area (Å²) in [6, 6.07) is 7.93. The Hall–Kier alpha value is -2.29. The van der Waals surface area contributed by atoms with Crippen LogP contribution in [0, 0.1) is 6.92 Å². The number of hydrogen-bond acceptors (Lipinski definition) is 6. The van der Waals surface area contributed by atoms with Gasteiger partial charge in [-0.05, 0) is 19.1 Å². The van der Waals surface area contributed by atoms with E-state index >= 15 is 0 Å². The lowest BCUT2D eigenvalue weighted by Crippen LogP contribution is -2.49. The molecule has 1 fully saturated rings. The van der Waals surface area contributed by atoms with Gasteiger partial charge in [0.2, 0.25) is 5.91 Å². The summed E-state index contributed by atoms with van der Waals surface area (Å²) < 4.78 is 3.27. The van der Waals surface area contributed by atoms with Crippen molar-refractivity contribution in [2.75, 3.05) is 44.6 Å². The summed E-state index contributed by atoms with van der Waals surface area (Å²) in [5.74, 6) is 1.07. The Kier molecular flexibility index (Phi) is 5.47. The van der Waals surface area contributed by atoms with Gasteiger partial charge in [-0.15, -0.1) is 0 Å². The van der Waals surface area contributed by atoms with Gasteiger partial charge in [-0.2, -0.15) is 0 Å². The zero-order valence-electron chi connectivity index (χ0n) is 15.5. The van der Waals surface area contributed by atoms with Crippen LogP contribution in [-0.4, -0.2) is 69.5 Å². The van der Waals surface area contributed by atoms with Crippen LogP contribution in [0.4, 0.5) is 5.13 Å². The van der Waals surface area contributed by atoms with E-state index in [1.54, 1.807) is 0 Å². The SMILES string of the molecule is Cc1nccn1CCN1CCN(CC(=O)Nc2nc3ccccc3s2)CC1. The maximum absolute atomic E-state index is 12.3. The van der Waals surface area contributed by atoms with Gasteiger partial charge in [-0.3, -0.25) is 14.6 Å². The first-order valence-electron chi connectivity index (χ1n) is 9.25. The Morgan fingerprint density at radius 3 is 2.67 bits per heavy atom. The summed E-state index contributed by atoms with van der Waals surface area (Å²) in [4.78, 5) is 25.7. The van der Waals surface area contributed by atoms with E-state index in [0.717, 1.165) is 55.3 Å². The highest BCUT2D eigenvalue weighted by molar-refractivity contribution is 7.22. The Morgan fingerprint density at radius 1 is 1.15 bits per heavy atom. The third-order valence-electron chi connectivity index (χ3n) is 4.95. The summed E-state index contributed by atoms with van der Waals surface area (Å²) in [5.41, 5.74) is 0.930. The van der Waals surface area contributed by atoms with Gasteiger partial charge in [0.1, 0.15) is 5.82 Å². The van der Waals surface area contributed by atoms with E-state index in [2.05, 4.69) is 29.7 Å². The number of carbonyl (C=O) groups excluding carboxylic acids is 1. The monoisotopic (exact) mass is 384 g/mol. The second-order valence-electron chi connectivity index (χ2n) is 6.82. The number of imidazole rings is 1. The van der Waals surface area contributed by atoms with Crippen LogP contribution in [-0.2, 0) is 11.3 Å². The number of carbonyl (C=O) groups is 1. The summed E-state index contributed by atoms with van der Waals surface area (Å²) in [6.45, 7) is 8.23. The van der Waals surface area contributed by atoms with Crippen LogP contribution in [0.2, 0.25) is 0 Å². The fraction of sp³-hybridized carbons (Fsp3) is 0.421. The van der Waals surface area contributed by atoms with Gasteiger partial charge in [0, 0.05) is 51.7 Å². The van der Waals surface area contributed by atoms with E-state index in [0.29, 0.717) is 11.7 Å². The highest BCUT2D eigenvalue weighted by Gasteiger charge is 2.19. The summed E-state index contributed by atoms with van der Waals surface area (Å²) in [5, 5.41) is 3.62. The molecule has 1 aliphatic heterocycles. The van der Waals surface area contributed by atoms with E-state index < -0.39 is 0 Å².